The zero-order chi connectivity index (χ0) is 12.3. The van der Waals surface area contributed by atoms with E-state index in [-0.39, 0.29) is 6.04 Å². The minimum atomic E-state index is -0.0736. The van der Waals surface area contributed by atoms with E-state index in [2.05, 4.69) is 48.3 Å². The second kappa shape index (κ2) is 5.20. The fourth-order valence-electron chi connectivity index (χ4n) is 2.61. The Kier molecular flexibility index (Phi) is 3.65. The van der Waals surface area contributed by atoms with E-state index in [4.69, 9.17) is 5.26 Å². The zero-order valence-electron chi connectivity index (χ0n) is 10.5. The van der Waals surface area contributed by atoms with Crippen LogP contribution >= 0.6 is 0 Å². The Balaban J connectivity index is 2.35. The van der Waals surface area contributed by atoms with Gasteiger partial charge in [0.2, 0.25) is 0 Å². The van der Waals surface area contributed by atoms with Crippen molar-refractivity contribution < 1.29 is 0 Å². The number of benzene rings is 1. The minimum absolute atomic E-state index is 0.0736. The van der Waals surface area contributed by atoms with Gasteiger partial charge in [0.1, 0.15) is 6.04 Å². The highest BCUT2D eigenvalue weighted by Gasteiger charge is 2.29. The lowest BCUT2D eigenvalue weighted by molar-refractivity contribution is 0.203. The van der Waals surface area contributed by atoms with Crippen LogP contribution in [0.25, 0.3) is 0 Å². The highest BCUT2D eigenvalue weighted by atomic mass is 15.2. The van der Waals surface area contributed by atoms with E-state index < -0.39 is 0 Å². The predicted molar refractivity (Wildman–Crippen MR) is 69.7 cm³/mol. The van der Waals surface area contributed by atoms with Crippen LogP contribution in [-0.4, -0.2) is 24.0 Å². The summed E-state index contributed by atoms with van der Waals surface area (Å²) in [6.45, 7) is 6.40. The Morgan fingerprint density at radius 2 is 2.06 bits per heavy atom. The summed E-state index contributed by atoms with van der Waals surface area (Å²) in [6, 6.07) is 11.0. The van der Waals surface area contributed by atoms with Gasteiger partial charge in [0.15, 0.2) is 0 Å². The third-order valence-corrected chi connectivity index (χ3v) is 3.52. The molecule has 0 saturated heterocycles. The number of hydrogen-bond acceptors (Lipinski definition) is 3. The highest BCUT2D eigenvalue weighted by Crippen LogP contribution is 2.35. The van der Waals surface area contributed by atoms with Crippen LogP contribution < -0.4 is 5.32 Å². The van der Waals surface area contributed by atoms with Crippen molar-refractivity contribution in [2.75, 3.05) is 18.4 Å². The Morgan fingerprint density at radius 3 is 2.71 bits per heavy atom. The molecule has 1 aromatic carbocycles. The summed E-state index contributed by atoms with van der Waals surface area (Å²) in [5, 5.41) is 12.4. The number of hydrogen-bond donors (Lipinski definition) is 1. The molecule has 2 rings (SSSR count). The molecule has 1 N–H and O–H groups in total. The van der Waals surface area contributed by atoms with Gasteiger partial charge in [-0.2, -0.15) is 5.26 Å². The molecule has 17 heavy (non-hydrogen) atoms. The van der Waals surface area contributed by atoms with Crippen LogP contribution in [0.4, 0.5) is 5.69 Å². The summed E-state index contributed by atoms with van der Waals surface area (Å²) in [5.41, 5.74) is 2.44. The highest BCUT2D eigenvalue weighted by molar-refractivity contribution is 5.56. The predicted octanol–water partition coefficient (Wildman–Crippen LogP) is 2.78. The van der Waals surface area contributed by atoms with Crippen molar-refractivity contribution in [2.24, 2.45) is 0 Å². The van der Waals surface area contributed by atoms with Crippen molar-refractivity contribution in [3.05, 3.63) is 29.8 Å². The summed E-state index contributed by atoms with van der Waals surface area (Å²) in [5.74, 6) is 0. The van der Waals surface area contributed by atoms with Crippen molar-refractivity contribution in [1.29, 1.82) is 5.26 Å². The van der Waals surface area contributed by atoms with E-state index in [1.54, 1.807) is 0 Å². The Labute approximate surface area is 103 Å². The van der Waals surface area contributed by atoms with E-state index >= 15 is 0 Å². The SMILES string of the molecule is CCN(CC)[C@H]1C[C@H](C#N)Nc2ccccc21. The van der Waals surface area contributed by atoms with Crippen LogP contribution in [0.15, 0.2) is 24.3 Å². The molecule has 2 atom stereocenters. The quantitative estimate of drug-likeness (QED) is 0.866. The second-order valence-electron chi connectivity index (χ2n) is 4.39. The lowest BCUT2D eigenvalue weighted by atomic mass is 9.92. The van der Waals surface area contributed by atoms with Crippen LogP contribution in [-0.2, 0) is 0 Å². The molecule has 0 fully saturated rings. The second-order valence-corrected chi connectivity index (χ2v) is 4.39. The van der Waals surface area contributed by atoms with Crippen LogP contribution in [0.3, 0.4) is 0 Å². The first-order valence-electron chi connectivity index (χ1n) is 6.29. The number of nitrogens with zero attached hydrogens (tertiary/aromatic N) is 2. The van der Waals surface area contributed by atoms with Gasteiger partial charge in [0.25, 0.3) is 0 Å². The molecule has 1 aliphatic rings. The van der Waals surface area contributed by atoms with E-state index in [0.717, 1.165) is 25.2 Å². The van der Waals surface area contributed by atoms with Crippen LogP contribution in [0.2, 0.25) is 0 Å². The molecule has 1 heterocycles. The number of rotatable bonds is 3. The molecule has 1 aliphatic heterocycles. The number of fused-ring (bicyclic) bond motifs is 1. The molecule has 0 radical (unpaired) electrons. The maximum absolute atomic E-state index is 9.13. The normalized spacial score (nSPS) is 22.7. The molecule has 1 aromatic rings. The topological polar surface area (TPSA) is 39.1 Å². The van der Waals surface area contributed by atoms with Gasteiger partial charge in [-0.1, -0.05) is 32.0 Å². The lowest BCUT2D eigenvalue weighted by Gasteiger charge is -2.36. The summed E-state index contributed by atoms with van der Waals surface area (Å²) in [7, 11) is 0. The van der Waals surface area contributed by atoms with Gasteiger partial charge in [-0.3, -0.25) is 4.90 Å². The van der Waals surface area contributed by atoms with Crippen LogP contribution in [0, 0.1) is 11.3 Å². The maximum Gasteiger partial charge on any atom is 0.116 e. The van der Waals surface area contributed by atoms with Gasteiger partial charge in [0, 0.05) is 18.2 Å². The van der Waals surface area contributed by atoms with Crippen molar-refractivity contribution in [2.45, 2.75) is 32.4 Å². The molecule has 0 saturated carbocycles. The average Bonchev–Trinajstić information content (AvgIpc) is 2.39. The molecule has 3 nitrogen and oxygen atoms in total. The van der Waals surface area contributed by atoms with E-state index in [0.29, 0.717) is 6.04 Å². The third kappa shape index (κ3) is 2.27. The van der Waals surface area contributed by atoms with Crippen molar-refractivity contribution in [3.63, 3.8) is 0 Å². The van der Waals surface area contributed by atoms with Gasteiger partial charge in [0.05, 0.1) is 6.07 Å². The fraction of sp³-hybridized carbons (Fsp3) is 0.500. The minimum Gasteiger partial charge on any atom is -0.369 e. The smallest absolute Gasteiger partial charge is 0.116 e. The monoisotopic (exact) mass is 229 g/mol. The third-order valence-electron chi connectivity index (χ3n) is 3.52. The van der Waals surface area contributed by atoms with Gasteiger partial charge < -0.3 is 5.32 Å². The lowest BCUT2D eigenvalue weighted by Crippen LogP contribution is -2.36. The number of nitriles is 1. The molecule has 0 bridgehead atoms. The zero-order valence-corrected chi connectivity index (χ0v) is 10.5. The first-order valence-corrected chi connectivity index (χ1v) is 6.29. The van der Waals surface area contributed by atoms with Crippen LogP contribution in [0.1, 0.15) is 31.9 Å². The molecular weight excluding hydrogens is 210 g/mol. The van der Waals surface area contributed by atoms with Crippen molar-refractivity contribution >= 4 is 5.69 Å². The molecule has 0 spiro atoms. The molecular formula is C14H19N3. The van der Waals surface area contributed by atoms with E-state index in [1.165, 1.54) is 5.56 Å². The van der Waals surface area contributed by atoms with Gasteiger partial charge in [-0.05, 0) is 24.7 Å². The molecule has 0 aromatic heterocycles. The summed E-state index contributed by atoms with van der Waals surface area (Å²) in [6.07, 6.45) is 0.870. The number of para-hydroxylation sites is 1. The fourth-order valence-corrected chi connectivity index (χ4v) is 2.61. The number of nitrogens with one attached hydrogen (secondary N) is 1. The summed E-state index contributed by atoms with van der Waals surface area (Å²) >= 11 is 0. The average molecular weight is 229 g/mol. The van der Waals surface area contributed by atoms with Crippen LogP contribution in [0.5, 0.6) is 0 Å². The Bertz CT molecular complexity index is 418. The standard InChI is InChI=1S/C14H19N3/c1-3-17(4-2)14-9-11(10-15)16-13-8-6-5-7-12(13)14/h5-8,11,14,16H,3-4,9H2,1-2H3/t11-,14+/m1/s1. The Morgan fingerprint density at radius 1 is 1.35 bits per heavy atom. The molecule has 0 unspecified atom stereocenters. The first kappa shape index (κ1) is 11.9. The molecule has 0 aliphatic carbocycles. The first-order chi connectivity index (χ1) is 8.30. The van der Waals surface area contributed by atoms with E-state index in [9.17, 15) is 0 Å². The number of anilines is 1. The van der Waals surface area contributed by atoms with Gasteiger partial charge in [-0.25, -0.2) is 0 Å². The van der Waals surface area contributed by atoms with Crippen molar-refractivity contribution in [1.82, 2.24) is 4.90 Å². The summed E-state index contributed by atoms with van der Waals surface area (Å²) in [4.78, 5) is 2.42. The van der Waals surface area contributed by atoms with Crippen molar-refractivity contribution in [3.8, 4) is 6.07 Å². The van der Waals surface area contributed by atoms with Gasteiger partial charge >= 0.3 is 0 Å². The maximum atomic E-state index is 9.13. The molecule has 90 valence electrons. The molecule has 0 amide bonds. The summed E-state index contributed by atoms with van der Waals surface area (Å²) < 4.78 is 0. The Hall–Kier alpha value is -1.53. The molecule has 3 heteroatoms. The van der Waals surface area contributed by atoms with E-state index in [1.807, 2.05) is 6.07 Å². The largest absolute Gasteiger partial charge is 0.369 e. The van der Waals surface area contributed by atoms with Gasteiger partial charge in [-0.15, -0.1) is 0 Å².